The van der Waals surface area contributed by atoms with Crippen molar-refractivity contribution >= 4 is 30.9 Å². The van der Waals surface area contributed by atoms with Gasteiger partial charge in [0, 0.05) is 35.5 Å². The number of hydrogen-bond acceptors (Lipinski definition) is 6. The Labute approximate surface area is 260 Å². The highest BCUT2D eigenvalue weighted by molar-refractivity contribution is 6.72. The van der Waals surface area contributed by atoms with Crippen molar-refractivity contribution < 1.29 is 18.7 Å². The summed E-state index contributed by atoms with van der Waals surface area (Å²) in [5.74, 6) is -1.10. The number of nitrogens with zero attached hydrogens (tertiary/aromatic N) is 4. The van der Waals surface area contributed by atoms with Crippen LogP contribution in [0.1, 0.15) is 36.1 Å². The summed E-state index contributed by atoms with van der Waals surface area (Å²) >= 11 is 0. The molecular weight excluding hydrogens is 591 g/mol. The molecule has 3 aromatic carbocycles. The molecule has 0 aliphatic carbocycles. The Bertz CT molecular complexity index is 1950. The molecule has 3 N–H and O–H groups in total. The molecular formula is C33H35FN6O4Si. The maximum atomic E-state index is 16.1. The maximum Gasteiger partial charge on any atom is 0.279 e. The quantitative estimate of drug-likeness (QED) is 0.167. The first kappa shape index (κ1) is 29.3. The number of carbonyl (C=O) groups is 1. The van der Waals surface area contributed by atoms with Crippen LogP contribution in [0.2, 0.25) is 18.6 Å². The van der Waals surface area contributed by atoms with Crippen molar-refractivity contribution in [2.75, 3.05) is 11.9 Å². The highest BCUT2D eigenvalue weighted by Gasteiger charge is 2.65. The number of benzene rings is 3. The number of ether oxygens (including phenoxy) is 1. The lowest BCUT2D eigenvalue weighted by atomic mass is 9.82. The van der Waals surface area contributed by atoms with Gasteiger partial charge in [-0.2, -0.15) is 0 Å². The van der Waals surface area contributed by atoms with Gasteiger partial charge in [0.15, 0.2) is 5.60 Å². The molecule has 45 heavy (non-hydrogen) atoms. The molecule has 2 aliphatic rings. The average molecular weight is 627 g/mol. The zero-order chi connectivity index (χ0) is 31.5. The van der Waals surface area contributed by atoms with Crippen LogP contribution in [0.5, 0.6) is 0 Å². The van der Waals surface area contributed by atoms with E-state index in [1.165, 1.54) is 4.68 Å². The zero-order valence-corrected chi connectivity index (χ0v) is 26.3. The molecule has 10 nitrogen and oxygen atoms in total. The van der Waals surface area contributed by atoms with Crippen LogP contribution in [-0.2, 0) is 21.7 Å². The second kappa shape index (κ2) is 10.9. The number of aromatic amines is 1. The summed E-state index contributed by atoms with van der Waals surface area (Å²) in [4.78, 5) is 27.0. The Kier molecular flexibility index (Phi) is 7.10. The van der Waals surface area contributed by atoms with Gasteiger partial charge in [0.25, 0.3) is 11.5 Å². The fourth-order valence-corrected chi connectivity index (χ4v) is 9.94. The number of para-hydroxylation sites is 1. The first-order chi connectivity index (χ1) is 21.6. The molecule has 1 fully saturated rings. The van der Waals surface area contributed by atoms with E-state index < -0.39 is 31.6 Å². The number of aliphatic hydroxyl groups is 1. The number of amides is 1. The standard InChI is InChI=1S/C33H35FN6O4Si/c1-20-30(45(2,3)34)29(15-16-39-18-28(36-38-39)24(19-41)21-9-5-4-6-10-21)44-33(20)25-17-22(13-14-27(25)35-32(33)43)40-31(42)23-11-7-8-12-26(23)37-40/h4-14,17-18,20,24,29-30,37,41H,15-16,19H2,1-3H3,(H,35,43)/t20-,24?,29+,30-,33+/m0/s1. The normalized spacial score (nSPS) is 23.5. The van der Waals surface area contributed by atoms with E-state index in [1.807, 2.05) is 55.5 Å². The molecule has 5 atom stereocenters. The van der Waals surface area contributed by atoms with Crippen molar-refractivity contribution in [3.63, 3.8) is 0 Å². The van der Waals surface area contributed by atoms with Crippen molar-refractivity contribution in [1.82, 2.24) is 24.8 Å². The Morgan fingerprint density at radius 1 is 1.09 bits per heavy atom. The maximum absolute atomic E-state index is 16.1. The predicted octanol–water partition coefficient (Wildman–Crippen LogP) is 4.85. The van der Waals surface area contributed by atoms with Gasteiger partial charge in [0.05, 0.1) is 40.9 Å². The average Bonchev–Trinajstić information content (AvgIpc) is 3.77. The fraction of sp³-hybridized carbons (Fsp3) is 0.333. The summed E-state index contributed by atoms with van der Waals surface area (Å²) in [6.45, 7) is 5.51. The second-order valence-electron chi connectivity index (χ2n) is 12.6. The third kappa shape index (κ3) is 4.75. The summed E-state index contributed by atoms with van der Waals surface area (Å²) in [6.07, 6.45) is 1.66. The minimum Gasteiger partial charge on any atom is -0.395 e. The molecule has 0 saturated carbocycles. The third-order valence-electron chi connectivity index (χ3n) is 9.49. The molecule has 1 amide bonds. The molecule has 2 aliphatic heterocycles. The monoisotopic (exact) mass is 626 g/mol. The van der Waals surface area contributed by atoms with Crippen molar-refractivity contribution in [2.45, 2.75) is 56.1 Å². The molecule has 0 bridgehead atoms. The molecule has 1 saturated heterocycles. The van der Waals surface area contributed by atoms with Gasteiger partial charge in [0.1, 0.15) is 0 Å². The van der Waals surface area contributed by atoms with E-state index in [0.29, 0.717) is 46.5 Å². The number of halogens is 1. The summed E-state index contributed by atoms with van der Waals surface area (Å²) in [7, 11) is -3.35. The Morgan fingerprint density at radius 3 is 2.58 bits per heavy atom. The van der Waals surface area contributed by atoms with Crippen molar-refractivity contribution in [2.24, 2.45) is 5.92 Å². The Balaban J connectivity index is 1.20. The van der Waals surface area contributed by atoms with Gasteiger partial charge in [-0.25, -0.2) is 4.68 Å². The zero-order valence-electron chi connectivity index (χ0n) is 25.3. The van der Waals surface area contributed by atoms with E-state index in [9.17, 15) is 14.7 Å². The minimum absolute atomic E-state index is 0.112. The minimum atomic E-state index is -3.35. The predicted molar refractivity (Wildman–Crippen MR) is 171 cm³/mol. The number of hydrogen-bond donors (Lipinski definition) is 3. The lowest BCUT2D eigenvalue weighted by Gasteiger charge is -2.30. The lowest BCUT2D eigenvalue weighted by Crippen LogP contribution is -2.42. The van der Waals surface area contributed by atoms with E-state index in [4.69, 9.17) is 4.74 Å². The first-order valence-corrected chi connectivity index (χ1v) is 18.2. The Hall–Kier alpha value is -4.39. The van der Waals surface area contributed by atoms with Crippen LogP contribution in [0.15, 0.2) is 83.8 Å². The second-order valence-corrected chi connectivity index (χ2v) is 16.4. The first-order valence-electron chi connectivity index (χ1n) is 15.2. The van der Waals surface area contributed by atoms with Gasteiger partial charge >= 0.3 is 0 Å². The van der Waals surface area contributed by atoms with Crippen LogP contribution in [0, 0.1) is 5.92 Å². The van der Waals surface area contributed by atoms with E-state index in [0.717, 1.165) is 5.56 Å². The molecule has 5 aromatic rings. The van der Waals surface area contributed by atoms with Gasteiger partial charge < -0.3 is 19.3 Å². The van der Waals surface area contributed by atoms with Gasteiger partial charge in [-0.1, -0.05) is 54.6 Å². The van der Waals surface area contributed by atoms with Crippen molar-refractivity contribution in [1.29, 1.82) is 0 Å². The van der Waals surface area contributed by atoms with Gasteiger partial charge in [-0.05, 0) is 55.4 Å². The van der Waals surface area contributed by atoms with E-state index >= 15 is 4.11 Å². The lowest BCUT2D eigenvalue weighted by molar-refractivity contribution is -0.143. The summed E-state index contributed by atoms with van der Waals surface area (Å²) in [6, 6.07) is 22.2. The molecule has 2 aromatic heterocycles. The third-order valence-corrected chi connectivity index (χ3v) is 11.9. The molecule has 1 spiro atoms. The topological polar surface area (TPSA) is 127 Å². The van der Waals surface area contributed by atoms with Crippen LogP contribution in [0.4, 0.5) is 9.80 Å². The van der Waals surface area contributed by atoms with E-state index in [-0.39, 0.29) is 24.0 Å². The highest BCUT2D eigenvalue weighted by atomic mass is 28.4. The van der Waals surface area contributed by atoms with Crippen molar-refractivity contribution in [3.05, 3.63) is 106 Å². The molecule has 4 heterocycles. The molecule has 232 valence electrons. The number of nitrogens with one attached hydrogen (secondary N) is 2. The van der Waals surface area contributed by atoms with Gasteiger partial charge in [-0.3, -0.25) is 19.4 Å². The number of rotatable bonds is 8. The summed E-state index contributed by atoms with van der Waals surface area (Å²) in [5, 5.41) is 25.4. The Morgan fingerprint density at radius 2 is 1.84 bits per heavy atom. The number of fused-ring (bicyclic) bond motifs is 3. The molecule has 0 radical (unpaired) electrons. The fourth-order valence-electron chi connectivity index (χ4n) is 7.40. The largest absolute Gasteiger partial charge is 0.395 e. The van der Waals surface area contributed by atoms with Crippen LogP contribution in [0.3, 0.4) is 0 Å². The van der Waals surface area contributed by atoms with Crippen LogP contribution >= 0.6 is 0 Å². The van der Waals surface area contributed by atoms with Gasteiger partial charge in [0.2, 0.25) is 8.41 Å². The smallest absolute Gasteiger partial charge is 0.279 e. The molecule has 12 heteroatoms. The number of aryl methyl sites for hydroxylation is 1. The summed E-state index contributed by atoms with van der Waals surface area (Å²) < 4.78 is 26.0. The van der Waals surface area contributed by atoms with Gasteiger partial charge in [-0.15, -0.1) is 5.10 Å². The number of aliphatic hydroxyl groups excluding tert-OH is 1. The van der Waals surface area contributed by atoms with E-state index in [2.05, 4.69) is 20.7 Å². The summed E-state index contributed by atoms with van der Waals surface area (Å²) in [5.41, 5.74) is 1.95. The number of H-pyrrole nitrogens is 1. The van der Waals surface area contributed by atoms with Crippen molar-refractivity contribution in [3.8, 4) is 5.69 Å². The number of anilines is 1. The van der Waals surface area contributed by atoms with E-state index in [1.54, 1.807) is 48.2 Å². The van der Waals surface area contributed by atoms with Crippen LogP contribution < -0.4 is 10.9 Å². The number of carbonyl (C=O) groups excluding carboxylic acids is 1. The number of aromatic nitrogens is 5. The molecule has 7 rings (SSSR count). The van der Waals surface area contributed by atoms with Crippen LogP contribution in [0.25, 0.3) is 16.6 Å². The highest BCUT2D eigenvalue weighted by Crippen LogP contribution is 2.59. The van der Waals surface area contributed by atoms with Crippen LogP contribution in [-0.4, -0.2) is 56.9 Å². The SMILES string of the molecule is C[C@H]1[C@H]([Si](C)(C)F)[C@@H](CCn2cc(C(CO)c3ccccc3)nn2)O[C@]12C(=O)Nc1ccc(-n3[nH]c4ccccc4c3=O)cc12. The molecule has 1 unspecified atom stereocenters.